The second kappa shape index (κ2) is 3.32. The Bertz CT molecular complexity index is 106. The molecule has 1 heterocycles. The highest BCUT2D eigenvalue weighted by molar-refractivity contribution is 4.78. The van der Waals surface area contributed by atoms with Gasteiger partial charge in [0.2, 0.25) is 0 Å². The van der Waals surface area contributed by atoms with Gasteiger partial charge in [0.1, 0.15) is 0 Å². The van der Waals surface area contributed by atoms with Gasteiger partial charge in [-0.15, -0.1) is 0 Å². The molecule has 1 rings (SSSR count). The molecule has 0 aromatic heterocycles. The Morgan fingerprint density at radius 1 is 1.50 bits per heavy atom. The van der Waals surface area contributed by atoms with E-state index in [0.29, 0.717) is 6.54 Å². The van der Waals surface area contributed by atoms with Crippen molar-refractivity contribution in [3.8, 4) is 0 Å². The van der Waals surface area contributed by atoms with Gasteiger partial charge in [-0.3, -0.25) is 0 Å². The molecule has 0 aromatic rings. The lowest BCUT2D eigenvalue weighted by molar-refractivity contribution is 0.0491. The Hall–Kier alpha value is -0.120. The first kappa shape index (κ1) is 7.98. The van der Waals surface area contributed by atoms with Crippen molar-refractivity contribution in [2.75, 3.05) is 13.1 Å². The zero-order chi connectivity index (χ0) is 7.56. The van der Waals surface area contributed by atoms with E-state index in [9.17, 15) is 0 Å². The molecule has 0 amide bonds. The van der Waals surface area contributed by atoms with Gasteiger partial charge in [-0.2, -0.15) is 0 Å². The second-order valence-electron chi connectivity index (χ2n) is 3.05. The summed E-state index contributed by atoms with van der Waals surface area (Å²) in [5, 5.41) is 21.4. The number of aliphatic hydroxyl groups excluding tert-OH is 2. The standard InChI is InChI=1S/C7H15NO2/c1-5(9)6-2-7(10)4-8-3-6/h5-10H,2-4H2,1H3/t5?,6-,7+/m1/s1. The third-order valence-corrected chi connectivity index (χ3v) is 2.04. The molecule has 0 spiro atoms. The zero-order valence-electron chi connectivity index (χ0n) is 6.25. The lowest BCUT2D eigenvalue weighted by Gasteiger charge is -2.28. The summed E-state index contributed by atoms with van der Waals surface area (Å²) in [5.74, 6) is 0.226. The first-order chi connectivity index (χ1) is 4.70. The maximum absolute atomic E-state index is 9.15. The zero-order valence-corrected chi connectivity index (χ0v) is 6.25. The van der Waals surface area contributed by atoms with Crippen LogP contribution in [-0.2, 0) is 0 Å². The van der Waals surface area contributed by atoms with Crippen LogP contribution in [0.25, 0.3) is 0 Å². The van der Waals surface area contributed by atoms with E-state index in [-0.39, 0.29) is 18.1 Å². The molecular formula is C7H15NO2. The largest absolute Gasteiger partial charge is 0.393 e. The van der Waals surface area contributed by atoms with Crippen LogP contribution in [0.5, 0.6) is 0 Å². The first-order valence-electron chi connectivity index (χ1n) is 3.77. The van der Waals surface area contributed by atoms with Crippen LogP contribution in [0.15, 0.2) is 0 Å². The lowest BCUT2D eigenvalue weighted by atomic mass is 9.93. The number of hydrogen-bond donors (Lipinski definition) is 3. The van der Waals surface area contributed by atoms with Gasteiger partial charge in [-0.25, -0.2) is 0 Å². The van der Waals surface area contributed by atoms with E-state index in [0.717, 1.165) is 13.0 Å². The van der Waals surface area contributed by atoms with Crippen LogP contribution in [0.3, 0.4) is 0 Å². The van der Waals surface area contributed by atoms with Crippen LogP contribution in [0, 0.1) is 5.92 Å². The molecule has 1 unspecified atom stereocenters. The average Bonchev–Trinajstić information content (AvgIpc) is 1.88. The Balaban J connectivity index is 2.32. The van der Waals surface area contributed by atoms with Gasteiger partial charge < -0.3 is 15.5 Å². The van der Waals surface area contributed by atoms with Crippen molar-refractivity contribution < 1.29 is 10.2 Å². The molecule has 1 aliphatic rings. The third-order valence-electron chi connectivity index (χ3n) is 2.04. The quantitative estimate of drug-likeness (QED) is 0.459. The van der Waals surface area contributed by atoms with Gasteiger partial charge in [0.15, 0.2) is 0 Å². The van der Waals surface area contributed by atoms with Gasteiger partial charge in [-0.1, -0.05) is 0 Å². The van der Waals surface area contributed by atoms with Crippen LogP contribution in [0.1, 0.15) is 13.3 Å². The predicted molar refractivity (Wildman–Crippen MR) is 38.7 cm³/mol. The summed E-state index contributed by atoms with van der Waals surface area (Å²) in [7, 11) is 0. The van der Waals surface area contributed by atoms with E-state index in [4.69, 9.17) is 10.2 Å². The normalized spacial score (nSPS) is 37.5. The van der Waals surface area contributed by atoms with E-state index in [1.165, 1.54) is 0 Å². The molecular weight excluding hydrogens is 130 g/mol. The number of piperidine rings is 1. The van der Waals surface area contributed by atoms with E-state index in [2.05, 4.69) is 5.32 Å². The predicted octanol–water partition coefficient (Wildman–Crippen LogP) is -0.662. The summed E-state index contributed by atoms with van der Waals surface area (Å²) < 4.78 is 0. The van der Waals surface area contributed by atoms with Crippen LogP contribution in [-0.4, -0.2) is 35.5 Å². The summed E-state index contributed by atoms with van der Waals surface area (Å²) >= 11 is 0. The van der Waals surface area contributed by atoms with Gasteiger partial charge in [0.05, 0.1) is 12.2 Å². The van der Waals surface area contributed by atoms with E-state index in [1.807, 2.05) is 0 Å². The van der Waals surface area contributed by atoms with Gasteiger partial charge in [0, 0.05) is 13.1 Å². The van der Waals surface area contributed by atoms with Gasteiger partial charge >= 0.3 is 0 Å². The summed E-state index contributed by atoms with van der Waals surface area (Å²) in [6, 6.07) is 0. The first-order valence-corrected chi connectivity index (χ1v) is 3.77. The fourth-order valence-electron chi connectivity index (χ4n) is 1.32. The Labute approximate surface area is 61.1 Å². The molecule has 0 aliphatic carbocycles. The van der Waals surface area contributed by atoms with Crippen LogP contribution in [0.2, 0.25) is 0 Å². The third kappa shape index (κ3) is 1.94. The Kier molecular flexibility index (Phi) is 2.65. The van der Waals surface area contributed by atoms with E-state index >= 15 is 0 Å². The van der Waals surface area contributed by atoms with E-state index < -0.39 is 0 Å². The van der Waals surface area contributed by atoms with Crippen molar-refractivity contribution in [3.05, 3.63) is 0 Å². The van der Waals surface area contributed by atoms with Crippen molar-refractivity contribution in [3.63, 3.8) is 0 Å². The molecule has 0 bridgehead atoms. The topological polar surface area (TPSA) is 52.5 Å². The highest BCUT2D eigenvalue weighted by Crippen LogP contribution is 2.13. The van der Waals surface area contributed by atoms with Crippen molar-refractivity contribution in [2.45, 2.75) is 25.6 Å². The van der Waals surface area contributed by atoms with E-state index in [1.54, 1.807) is 6.92 Å². The van der Waals surface area contributed by atoms with Crippen molar-refractivity contribution >= 4 is 0 Å². The minimum Gasteiger partial charge on any atom is -0.393 e. The number of rotatable bonds is 1. The minimum atomic E-state index is -0.303. The molecule has 1 aliphatic heterocycles. The van der Waals surface area contributed by atoms with Crippen LogP contribution in [0.4, 0.5) is 0 Å². The maximum atomic E-state index is 9.15. The Morgan fingerprint density at radius 3 is 2.60 bits per heavy atom. The fraction of sp³-hybridized carbons (Fsp3) is 1.00. The summed E-state index contributed by atoms with van der Waals surface area (Å²) in [5.41, 5.74) is 0. The molecule has 1 fully saturated rings. The smallest absolute Gasteiger partial charge is 0.0668 e. The monoisotopic (exact) mass is 145 g/mol. The summed E-state index contributed by atoms with van der Waals surface area (Å²) in [4.78, 5) is 0. The van der Waals surface area contributed by atoms with Gasteiger partial charge in [0.25, 0.3) is 0 Å². The SMILES string of the molecule is CC(O)[C@H]1CNC[C@@H](O)C1. The minimum absolute atomic E-state index is 0.226. The molecule has 1 saturated heterocycles. The van der Waals surface area contributed by atoms with Crippen LogP contribution < -0.4 is 5.32 Å². The molecule has 3 N–H and O–H groups in total. The molecule has 3 atom stereocenters. The number of hydrogen-bond acceptors (Lipinski definition) is 3. The van der Waals surface area contributed by atoms with Crippen molar-refractivity contribution in [2.24, 2.45) is 5.92 Å². The van der Waals surface area contributed by atoms with Crippen LogP contribution >= 0.6 is 0 Å². The second-order valence-corrected chi connectivity index (χ2v) is 3.05. The van der Waals surface area contributed by atoms with Crippen molar-refractivity contribution in [1.82, 2.24) is 5.32 Å². The molecule has 60 valence electrons. The molecule has 0 saturated carbocycles. The maximum Gasteiger partial charge on any atom is 0.0668 e. The highest BCUT2D eigenvalue weighted by atomic mass is 16.3. The van der Waals surface area contributed by atoms with Gasteiger partial charge in [-0.05, 0) is 19.3 Å². The molecule has 0 aromatic carbocycles. The van der Waals surface area contributed by atoms with Crippen molar-refractivity contribution in [1.29, 1.82) is 0 Å². The Morgan fingerprint density at radius 2 is 2.20 bits per heavy atom. The molecule has 3 nitrogen and oxygen atoms in total. The lowest BCUT2D eigenvalue weighted by Crippen LogP contribution is -2.43. The number of nitrogens with one attached hydrogen (secondary N) is 1. The summed E-state index contributed by atoms with van der Waals surface area (Å²) in [6.07, 6.45) is 0.154. The molecule has 0 radical (unpaired) electrons. The summed E-state index contributed by atoms with van der Waals surface area (Å²) in [6.45, 7) is 3.27. The number of β-amino-alcohol motifs (C(OH)–C–C–N with tert-alkyl or cyclic N) is 1. The highest BCUT2D eigenvalue weighted by Gasteiger charge is 2.22. The molecule has 10 heavy (non-hydrogen) atoms. The average molecular weight is 145 g/mol. The molecule has 3 heteroatoms. The number of aliphatic hydroxyl groups is 2. The fourth-order valence-corrected chi connectivity index (χ4v) is 1.32.